The molecule has 0 saturated carbocycles. The molecule has 0 radical (unpaired) electrons. The summed E-state index contributed by atoms with van der Waals surface area (Å²) >= 11 is 0. The number of hydrogen-bond acceptors (Lipinski definition) is 3. The van der Waals surface area contributed by atoms with E-state index < -0.39 is 0 Å². The summed E-state index contributed by atoms with van der Waals surface area (Å²) in [6.07, 6.45) is 2.23. The van der Waals surface area contributed by atoms with Crippen LogP contribution in [0.1, 0.15) is 19.8 Å². The zero-order valence-electron chi connectivity index (χ0n) is 12.4. The van der Waals surface area contributed by atoms with Gasteiger partial charge in [-0.15, -0.1) is 0 Å². The first-order valence-electron chi connectivity index (χ1n) is 7.71. The third-order valence-electron chi connectivity index (χ3n) is 4.52. The fourth-order valence-electron chi connectivity index (χ4n) is 3.20. The number of amides is 1. The summed E-state index contributed by atoms with van der Waals surface area (Å²) in [5, 5.41) is 6.04. The maximum atomic E-state index is 14.2. The maximum absolute atomic E-state index is 14.2. The van der Waals surface area contributed by atoms with Gasteiger partial charge in [-0.05, 0) is 43.5 Å². The molecule has 1 aromatic rings. The summed E-state index contributed by atoms with van der Waals surface area (Å²) < 4.78 is 14.2. The summed E-state index contributed by atoms with van der Waals surface area (Å²) in [7, 11) is 0. The summed E-state index contributed by atoms with van der Waals surface area (Å²) in [6.45, 7) is 5.44. The Labute approximate surface area is 124 Å². The smallest absolute Gasteiger partial charge is 0.229 e. The SMILES string of the molecule is CC1CNCC1C(=O)Nc1ccc(N2CCCC2)c(F)c1. The van der Waals surface area contributed by atoms with Crippen molar-refractivity contribution in [3.05, 3.63) is 24.0 Å². The number of halogens is 1. The van der Waals surface area contributed by atoms with Crippen molar-refractivity contribution in [1.82, 2.24) is 5.32 Å². The van der Waals surface area contributed by atoms with Gasteiger partial charge in [-0.3, -0.25) is 4.79 Å². The number of anilines is 2. The molecule has 21 heavy (non-hydrogen) atoms. The van der Waals surface area contributed by atoms with Crippen LogP contribution in [0.4, 0.5) is 15.8 Å². The molecule has 3 rings (SSSR count). The van der Waals surface area contributed by atoms with Crippen LogP contribution in [0, 0.1) is 17.7 Å². The Kier molecular flexibility index (Phi) is 4.10. The number of nitrogens with one attached hydrogen (secondary N) is 2. The molecule has 0 bridgehead atoms. The van der Waals surface area contributed by atoms with Crippen molar-refractivity contribution in [1.29, 1.82) is 0 Å². The molecule has 114 valence electrons. The molecule has 2 fully saturated rings. The lowest BCUT2D eigenvalue weighted by atomic mass is 9.97. The Morgan fingerprint density at radius 3 is 2.71 bits per heavy atom. The van der Waals surface area contributed by atoms with Gasteiger partial charge in [0.1, 0.15) is 5.82 Å². The third-order valence-corrected chi connectivity index (χ3v) is 4.52. The monoisotopic (exact) mass is 291 g/mol. The van der Waals surface area contributed by atoms with E-state index in [9.17, 15) is 9.18 Å². The molecular weight excluding hydrogens is 269 g/mol. The molecular formula is C16H22FN3O. The minimum Gasteiger partial charge on any atom is -0.369 e. The van der Waals surface area contributed by atoms with Crippen molar-refractivity contribution in [2.45, 2.75) is 19.8 Å². The van der Waals surface area contributed by atoms with Gasteiger partial charge in [-0.25, -0.2) is 4.39 Å². The molecule has 2 heterocycles. The standard InChI is InChI=1S/C16H22FN3O/c1-11-9-18-10-13(11)16(21)19-12-4-5-15(14(17)8-12)20-6-2-3-7-20/h4-5,8,11,13,18H,2-3,6-7,9-10H2,1H3,(H,19,21). The summed E-state index contributed by atoms with van der Waals surface area (Å²) in [6, 6.07) is 4.99. The first-order chi connectivity index (χ1) is 10.1. The highest BCUT2D eigenvalue weighted by Crippen LogP contribution is 2.26. The van der Waals surface area contributed by atoms with Crippen LogP contribution in [0.25, 0.3) is 0 Å². The van der Waals surface area contributed by atoms with Crippen LogP contribution in [0.2, 0.25) is 0 Å². The lowest BCUT2D eigenvalue weighted by Crippen LogP contribution is -2.28. The van der Waals surface area contributed by atoms with E-state index in [-0.39, 0.29) is 17.6 Å². The van der Waals surface area contributed by atoms with Crippen molar-refractivity contribution < 1.29 is 9.18 Å². The summed E-state index contributed by atoms with van der Waals surface area (Å²) in [5.41, 5.74) is 1.18. The average molecular weight is 291 g/mol. The van der Waals surface area contributed by atoms with Gasteiger partial charge >= 0.3 is 0 Å². The highest BCUT2D eigenvalue weighted by molar-refractivity contribution is 5.93. The number of rotatable bonds is 3. The third kappa shape index (κ3) is 3.02. The van der Waals surface area contributed by atoms with Crippen LogP contribution in [0.3, 0.4) is 0 Å². The van der Waals surface area contributed by atoms with E-state index >= 15 is 0 Å². The van der Waals surface area contributed by atoms with Crippen molar-refractivity contribution in [2.75, 3.05) is 36.4 Å². The van der Waals surface area contributed by atoms with Gasteiger partial charge in [-0.1, -0.05) is 6.92 Å². The molecule has 0 aliphatic carbocycles. The Bertz CT molecular complexity index is 528. The van der Waals surface area contributed by atoms with Crippen LogP contribution in [0.5, 0.6) is 0 Å². The van der Waals surface area contributed by atoms with Gasteiger partial charge in [0.05, 0.1) is 11.6 Å². The highest BCUT2D eigenvalue weighted by Gasteiger charge is 2.29. The van der Waals surface area contributed by atoms with E-state index in [1.165, 1.54) is 6.07 Å². The van der Waals surface area contributed by atoms with E-state index in [0.29, 0.717) is 23.8 Å². The normalized spacial score (nSPS) is 25.3. The second kappa shape index (κ2) is 6.02. The maximum Gasteiger partial charge on any atom is 0.229 e. The Balaban J connectivity index is 1.68. The van der Waals surface area contributed by atoms with E-state index in [1.54, 1.807) is 12.1 Å². The minimum absolute atomic E-state index is 0.0270. The van der Waals surface area contributed by atoms with Crippen LogP contribution < -0.4 is 15.5 Å². The Morgan fingerprint density at radius 2 is 2.10 bits per heavy atom. The predicted molar refractivity (Wildman–Crippen MR) is 82.0 cm³/mol. The molecule has 2 aliphatic rings. The summed E-state index contributed by atoms with van der Waals surface area (Å²) in [4.78, 5) is 14.3. The number of nitrogens with zero attached hydrogens (tertiary/aromatic N) is 1. The largest absolute Gasteiger partial charge is 0.369 e. The first-order valence-corrected chi connectivity index (χ1v) is 7.71. The molecule has 1 amide bonds. The van der Waals surface area contributed by atoms with Crippen molar-refractivity contribution >= 4 is 17.3 Å². The van der Waals surface area contributed by atoms with E-state index in [1.807, 2.05) is 0 Å². The lowest BCUT2D eigenvalue weighted by molar-refractivity contribution is -0.120. The molecule has 5 heteroatoms. The predicted octanol–water partition coefficient (Wildman–Crippen LogP) is 2.22. The molecule has 0 spiro atoms. The van der Waals surface area contributed by atoms with Gasteiger partial charge in [0.2, 0.25) is 5.91 Å². The fourth-order valence-corrected chi connectivity index (χ4v) is 3.20. The van der Waals surface area contributed by atoms with Crippen molar-refractivity contribution in [3.63, 3.8) is 0 Å². The van der Waals surface area contributed by atoms with Crippen LogP contribution >= 0.6 is 0 Å². The zero-order chi connectivity index (χ0) is 14.8. The van der Waals surface area contributed by atoms with E-state index in [2.05, 4.69) is 22.5 Å². The second-order valence-corrected chi connectivity index (χ2v) is 6.09. The Morgan fingerprint density at radius 1 is 1.33 bits per heavy atom. The number of carbonyl (C=O) groups excluding carboxylic acids is 1. The lowest BCUT2D eigenvalue weighted by Gasteiger charge is -2.19. The molecule has 2 atom stereocenters. The molecule has 2 saturated heterocycles. The quantitative estimate of drug-likeness (QED) is 0.897. The molecule has 2 N–H and O–H groups in total. The van der Waals surface area contributed by atoms with E-state index in [4.69, 9.17) is 0 Å². The minimum atomic E-state index is -0.257. The topological polar surface area (TPSA) is 44.4 Å². The number of benzene rings is 1. The first kappa shape index (κ1) is 14.3. The van der Waals surface area contributed by atoms with Crippen molar-refractivity contribution in [2.24, 2.45) is 11.8 Å². The van der Waals surface area contributed by atoms with Crippen molar-refractivity contribution in [3.8, 4) is 0 Å². The molecule has 2 aliphatic heterocycles. The molecule has 1 aromatic carbocycles. The Hall–Kier alpha value is -1.62. The van der Waals surface area contributed by atoms with Gasteiger partial charge in [0, 0.05) is 25.3 Å². The average Bonchev–Trinajstić information content (AvgIpc) is 3.10. The fraction of sp³-hybridized carbons (Fsp3) is 0.562. The second-order valence-electron chi connectivity index (χ2n) is 6.09. The van der Waals surface area contributed by atoms with Gasteiger partial charge < -0.3 is 15.5 Å². The molecule has 4 nitrogen and oxygen atoms in total. The highest BCUT2D eigenvalue weighted by atomic mass is 19.1. The van der Waals surface area contributed by atoms with Gasteiger partial charge in [-0.2, -0.15) is 0 Å². The van der Waals surface area contributed by atoms with Crippen LogP contribution in [-0.2, 0) is 4.79 Å². The summed E-state index contributed by atoms with van der Waals surface area (Å²) in [5.74, 6) is -0.00171. The van der Waals surface area contributed by atoms with E-state index in [0.717, 1.165) is 32.5 Å². The number of carbonyl (C=O) groups is 1. The van der Waals surface area contributed by atoms with Gasteiger partial charge in [0.15, 0.2) is 0 Å². The van der Waals surface area contributed by atoms with Gasteiger partial charge in [0.25, 0.3) is 0 Å². The zero-order valence-corrected chi connectivity index (χ0v) is 12.4. The van der Waals surface area contributed by atoms with Crippen LogP contribution in [0.15, 0.2) is 18.2 Å². The molecule has 2 unspecified atom stereocenters. The number of hydrogen-bond donors (Lipinski definition) is 2. The molecule has 0 aromatic heterocycles. The van der Waals surface area contributed by atoms with Crippen LogP contribution in [-0.4, -0.2) is 32.1 Å².